The SMILES string of the molecule is Cc1nc(Cl)cc(C2[C@@H](c3ccc(-c4ccccc4)cc3)C(c3cc(Cl)nc(Cl)n3)[C@@H]2c2ccc(-c3ccccc3)cc2)n1. The van der Waals surface area contributed by atoms with Crippen LogP contribution in [0.2, 0.25) is 15.6 Å². The van der Waals surface area contributed by atoms with Crippen LogP contribution in [0.25, 0.3) is 22.3 Å². The molecule has 4 aromatic carbocycles. The van der Waals surface area contributed by atoms with Gasteiger partial charge in [0.2, 0.25) is 5.28 Å². The zero-order valence-electron chi connectivity index (χ0n) is 23.8. The highest BCUT2D eigenvalue weighted by Gasteiger charge is 2.54. The second kappa shape index (κ2) is 12.1. The molecule has 7 rings (SSSR count). The van der Waals surface area contributed by atoms with Gasteiger partial charge < -0.3 is 0 Å². The molecule has 2 aromatic heterocycles. The third-order valence-electron chi connectivity index (χ3n) is 8.55. The lowest BCUT2D eigenvalue weighted by Crippen LogP contribution is -2.41. The van der Waals surface area contributed by atoms with E-state index in [4.69, 9.17) is 44.8 Å². The maximum absolute atomic E-state index is 6.53. The van der Waals surface area contributed by atoms with Gasteiger partial charge in [-0.1, -0.05) is 132 Å². The fourth-order valence-electron chi connectivity index (χ4n) is 6.67. The average Bonchev–Trinajstić information content (AvgIpc) is 3.01. The first-order chi connectivity index (χ1) is 21.4. The monoisotopic (exact) mass is 632 g/mol. The zero-order valence-corrected chi connectivity index (χ0v) is 26.0. The lowest BCUT2D eigenvalue weighted by atomic mass is 9.50. The van der Waals surface area contributed by atoms with E-state index in [1.807, 2.05) is 31.2 Å². The standard InChI is InChI=1S/C37H27Cl3N4/c1-22-41-29(20-31(38)42-22)35-33(27-16-12-25(13-17-27)23-8-4-2-5-9-23)36(30-21-32(39)44-37(40)43-30)34(35)28-18-14-26(15-19-28)24-10-6-3-7-11-24/h2-21,33-36H,1H3/t33-,34-,35?,36?/m1/s1. The van der Waals surface area contributed by atoms with E-state index >= 15 is 0 Å². The normalized spacial score (nSPS) is 19.4. The second-order valence-corrected chi connectivity index (χ2v) is 12.2. The fraction of sp³-hybridized carbons (Fsp3) is 0.135. The van der Waals surface area contributed by atoms with Crippen molar-refractivity contribution in [3.05, 3.63) is 165 Å². The Balaban J connectivity index is 1.37. The molecule has 4 nitrogen and oxygen atoms in total. The third-order valence-corrected chi connectivity index (χ3v) is 9.11. The Labute approximate surface area is 271 Å². The van der Waals surface area contributed by atoms with Gasteiger partial charge in [-0.2, -0.15) is 0 Å². The molecule has 0 amide bonds. The van der Waals surface area contributed by atoms with Crippen molar-refractivity contribution in [1.82, 2.24) is 19.9 Å². The molecular formula is C37H27Cl3N4. The Morgan fingerprint density at radius 2 is 0.841 bits per heavy atom. The summed E-state index contributed by atoms with van der Waals surface area (Å²) in [5, 5.41) is 0.884. The minimum Gasteiger partial charge on any atom is -0.238 e. The lowest BCUT2D eigenvalue weighted by Gasteiger charge is -2.52. The summed E-state index contributed by atoms with van der Waals surface area (Å²) in [7, 11) is 0. The molecule has 2 atom stereocenters. The van der Waals surface area contributed by atoms with Crippen molar-refractivity contribution in [2.24, 2.45) is 0 Å². The van der Waals surface area contributed by atoms with Crippen LogP contribution in [0.3, 0.4) is 0 Å². The van der Waals surface area contributed by atoms with E-state index in [2.05, 4.69) is 107 Å². The predicted molar refractivity (Wildman–Crippen MR) is 179 cm³/mol. The Morgan fingerprint density at radius 1 is 0.432 bits per heavy atom. The van der Waals surface area contributed by atoms with Gasteiger partial charge >= 0.3 is 0 Å². The van der Waals surface area contributed by atoms with Crippen LogP contribution in [-0.2, 0) is 0 Å². The van der Waals surface area contributed by atoms with Crippen LogP contribution in [0.15, 0.2) is 121 Å². The topological polar surface area (TPSA) is 51.6 Å². The highest BCUT2D eigenvalue weighted by atomic mass is 35.5. The van der Waals surface area contributed by atoms with E-state index in [1.165, 1.54) is 22.3 Å². The summed E-state index contributed by atoms with van der Waals surface area (Å²) in [5.74, 6) is 0.631. The minimum absolute atomic E-state index is 0.00290. The summed E-state index contributed by atoms with van der Waals surface area (Å²) >= 11 is 19.4. The van der Waals surface area contributed by atoms with Gasteiger partial charge in [0, 0.05) is 29.4 Å². The summed E-state index contributed by atoms with van der Waals surface area (Å²) in [6.07, 6.45) is 0. The first kappa shape index (κ1) is 28.7. The molecule has 0 saturated heterocycles. The van der Waals surface area contributed by atoms with Crippen LogP contribution in [0, 0.1) is 6.92 Å². The molecule has 0 radical (unpaired) electrons. The highest BCUT2D eigenvalue weighted by molar-refractivity contribution is 6.31. The minimum atomic E-state index is -0.0443. The van der Waals surface area contributed by atoms with Crippen molar-refractivity contribution in [2.75, 3.05) is 0 Å². The maximum Gasteiger partial charge on any atom is 0.224 e. The van der Waals surface area contributed by atoms with Crippen LogP contribution >= 0.6 is 34.8 Å². The van der Waals surface area contributed by atoms with Crippen LogP contribution in [-0.4, -0.2) is 19.9 Å². The van der Waals surface area contributed by atoms with Crippen molar-refractivity contribution in [3.8, 4) is 22.3 Å². The molecule has 44 heavy (non-hydrogen) atoms. The largest absolute Gasteiger partial charge is 0.238 e. The highest BCUT2D eigenvalue weighted by Crippen LogP contribution is 2.66. The molecule has 1 aliphatic carbocycles. The molecule has 0 spiro atoms. The zero-order chi connectivity index (χ0) is 30.2. The number of hydrogen-bond acceptors (Lipinski definition) is 4. The summed E-state index contributed by atoms with van der Waals surface area (Å²) in [4.78, 5) is 18.1. The van der Waals surface area contributed by atoms with Crippen molar-refractivity contribution < 1.29 is 0 Å². The number of nitrogens with zero attached hydrogens (tertiary/aromatic N) is 4. The van der Waals surface area contributed by atoms with Gasteiger partial charge in [-0.15, -0.1) is 0 Å². The quantitative estimate of drug-likeness (QED) is 0.135. The first-order valence-corrected chi connectivity index (χ1v) is 15.6. The Hall–Kier alpha value is -4.09. The van der Waals surface area contributed by atoms with Gasteiger partial charge in [-0.05, 0) is 64.0 Å². The molecule has 0 unspecified atom stereocenters. The predicted octanol–water partition coefficient (Wildman–Crippen LogP) is 10.3. The number of aryl methyl sites for hydroxylation is 1. The summed E-state index contributed by atoms with van der Waals surface area (Å²) < 4.78 is 0. The van der Waals surface area contributed by atoms with Crippen LogP contribution < -0.4 is 0 Å². The van der Waals surface area contributed by atoms with Crippen LogP contribution in [0.1, 0.15) is 52.0 Å². The summed E-state index contributed by atoms with van der Waals surface area (Å²) in [6.45, 7) is 1.88. The molecule has 6 aromatic rings. The second-order valence-electron chi connectivity index (χ2n) is 11.1. The van der Waals surface area contributed by atoms with Crippen molar-refractivity contribution in [2.45, 2.75) is 30.6 Å². The van der Waals surface area contributed by atoms with E-state index in [0.717, 1.165) is 22.5 Å². The molecule has 0 bridgehead atoms. The lowest BCUT2D eigenvalue weighted by molar-refractivity contribution is 0.219. The summed E-state index contributed by atoms with van der Waals surface area (Å²) in [5.41, 5.74) is 8.71. The number of rotatable bonds is 6. The van der Waals surface area contributed by atoms with Gasteiger partial charge in [-0.3, -0.25) is 0 Å². The van der Waals surface area contributed by atoms with Crippen LogP contribution in [0.5, 0.6) is 0 Å². The number of benzene rings is 4. The van der Waals surface area contributed by atoms with Crippen LogP contribution in [0.4, 0.5) is 0 Å². The van der Waals surface area contributed by atoms with Gasteiger partial charge in [0.1, 0.15) is 16.1 Å². The maximum atomic E-state index is 6.53. The van der Waals surface area contributed by atoms with E-state index in [1.54, 1.807) is 0 Å². The molecular weight excluding hydrogens is 607 g/mol. The number of hydrogen-bond donors (Lipinski definition) is 0. The Kier molecular flexibility index (Phi) is 7.90. The van der Waals surface area contributed by atoms with E-state index in [0.29, 0.717) is 16.1 Å². The van der Waals surface area contributed by atoms with E-state index in [9.17, 15) is 0 Å². The average molecular weight is 634 g/mol. The van der Waals surface area contributed by atoms with E-state index in [-0.39, 0.29) is 29.0 Å². The third kappa shape index (κ3) is 5.61. The van der Waals surface area contributed by atoms with Gasteiger partial charge in [-0.25, -0.2) is 19.9 Å². The number of halogens is 3. The molecule has 0 N–H and O–H groups in total. The smallest absolute Gasteiger partial charge is 0.224 e. The van der Waals surface area contributed by atoms with Gasteiger partial charge in [0.25, 0.3) is 0 Å². The van der Waals surface area contributed by atoms with Gasteiger partial charge in [0.15, 0.2) is 0 Å². The molecule has 216 valence electrons. The Bertz CT molecular complexity index is 1720. The fourth-order valence-corrected chi connectivity index (χ4v) is 7.33. The van der Waals surface area contributed by atoms with Gasteiger partial charge in [0.05, 0.1) is 5.69 Å². The molecule has 2 heterocycles. The molecule has 0 aliphatic heterocycles. The van der Waals surface area contributed by atoms with E-state index < -0.39 is 0 Å². The summed E-state index contributed by atoms with van der Waals surface area (Å²) in [6, 6.07) is 42.0. The van der Waals surface area contributed by atoms with Crippen molar-refractivity contribution >= 4 is 34.8 Å². The Morgan fingerprint density at radius 3 is 1.27 bits per heavy atom. The molecule has 1 fully saturated rings. The molecule has 1 saturated carbocycles. The van der Waals surface area contributed by atoms with Crippen molar-refractivity contribution in [1.29, 1.82) is 0 Å². The number of aromatic nitrogens is 4. The van der Waals surface area contributed by atoms with Crippen molar-refractivity contribution in [3.63, 3.8) is 0 Å². The molecule has 7 heteroatoms. The molecule has 1 aliphatic rings. The first-order valence-electron chi connectivity index (χ1n) is 14.5.